The van der Waals surface area contributed by atoms with Gasteiger partial charge < -0.3 is 15.2 Å². The Labute approximate surface area is 175 Å². The molecule has 1 saturated carbocycles. The summed E-state index contributed by atoms with van der Waals surface area (Å²) in [6, 6.07) is 7.03. The smallest absolute Gasteiger partial charge is 0.328 e. The first-order valence-electron chi connectivity index (χ1n) is 10.9. The van der Waals surface area contributed by atoms with Gasteiger partial charge in [-0.2, -0.15) is 0 Å². The third kappa shape index (κ3) is 2.67. The van der Waals surface area contributed by atoms with E-state index in [9.17, 15) is 14.4 Å². The number of nitrogens with zero attached hydrogens (tertiary/aromatic N) is 2. The number of carbonyl (C=O) groups is 3. The number of para-hydroxylation sites is 1. The summed E-state index contributed by atoms with van der Waals surface area (Å²) in [5.41, 5.74) is 1.73. The van der Waals surface area contributed by atoms with Gasteiger partial charge in [0.15, 0.2) is 5.54 Å². The molecule has 3 heterocycles. The monoisotopic (exact) mass is 408 g/mol. The first-order chi connectivity index (χ1) is 14.3. The van der Waals surface area contributed by atoms with E-state index in [4.69, 9.17) is 0 Å². The average Bonchev–Trinajstić information content (AvgIpc) is 3.39. The Kier molecular flexibility index (Phi) is 4.21. The molecule has 7 nitrogen and oxygen atoms in total. The molecule has 2 atom stereocenters. The van der Waals surface area contributed by atoms with Gasteiger partial charge in [-0.3, -0.25) is 9.59 Å². The van der Waals surface area contributed by atoms with E-state index in [0.717, 1.165) is 35.0 Å². The number of amides is 4. The minimum Gasteiger partial charge on any atom is -0.356 e. The molecule has 2 aromatic rings. The largest absolute Gasteiger partial charge is 0.356 e. The molecule has 158 valence electrons. The molecule has 3 aliphatic rings. The molecule has 2 aliphatic heterocycles. The van der Waals surface area contributed by atoms with E-state index in [1.54, 1.807) is 4.90 Å². The maximum atomic E-state index is 13.8. The van der Waals surface area contributed by atoms with Crippen molar-refractivity contribution in [2.24, 2.45) is 5.92 Å². The highest BCUT2D eigenvalue weighted by Crippen LogP contribution is 2.45. The number of hydrogen-bond donors (Lipinski definition) is 2. The molecule has 0 radical (unpaired) electrons. The van der Waals surface area contributed by atoms with Gasteiger partial charge in [0.05, 0.1) is 5.69 Å². The fourth-order valence-corrected chi connectivity index (χ4v) is 4.99. The number of hydrogen-bond acceptors (Lipinski definition) is 3. The van der Waals surface area contributed by atoms with Gasteiger partial charge in [-0.1, -0.05) is 32.0 Å². The fourth-order valence-electron chi connectivity index (χ4n) is 4.99. The van der Waals surface area contributed by atoms with Crippen molar-refractivity contribution >= 4 is 28.7 Å². The van der Waals surface area contributed by atoms with Crippen molar-refractivity contribution in [1.82, 2.24) is 20.1 Å². The predicted octanol–water partition coefficient (Wildman–Crippen LogP) is 2.90. The molecule has 7 heteroatoms. The summed E-state index contributed by atoms with van der Waals surface area (Å²) in [5, 5.41) is 4.10. The number of imide groups is 1. The zero-order valence-electron chi connectivity index (χ0n) is 17.7. The topological polar surface area (TPSA) is 85.5 Å². The van der Waals surface area contributed by atoms with Crippen LogP contribution in [-0.2, 0) is 21.5 Å². The number of fused-ring (bicyclic) bond motifs is 5. The Bertz CT molecular complexity index is 1050. The van der Waals surface area contributed by atoms with Crippen LogP contribution in [0.1, 0.15) is 51.3 Å². The number of carbonyl (C=O) groups excluding carboxylic acids is 3. The van der Waals surface area contributed by atoms with Crippen LogP contribution in [0.3, 0.4) is 0 Å². The van der Waals surface area contributed by atoms with Crippen molar-refractivity contribution in [2.45, 2.75) is 64.1 Å². The zero-order chi connectivity index (χ0) is 21.2. The van der Waals surface area contributed by atoms with Gasteiger partial charge in [0.2, 0.25) is 5.91 Å². The minimum atomic E-state index is -1.11. The van der Waals surface area contributed by atoms with Crippen LogP contribution in [0.4, 0.5) is 4.79 Å². The number of rotatable bonds is 5. The summed E-state index contributed by atoms with van der Waals surface area (Å²) in [6.45, 7) is 6.29. The summed E-state index contributed by atoms with van der Waals surface area (Å²) in [7, 11) is 0. The van der Waals surface area contributed by atoms with E-state index in [-0.39, 0.29) is 29.8 Å². The Morgan fingerprint density at radius 1 is 1.27 bits per heavy atom. The number of urea groups is 1. The van der Waals surface area contributed by atoms with Crippen molar-refractivity contribution in [3.63, 3.8) is 0 Å². The molecule has 5 rings (SSSR count). The lowest BCUT2D eigenvalue weighted by atomic mass is 9.87. The van der Waals surface area contributed by atoms with Crippen LogP contribution in [0.25, 0.3) is 10.9 Å². The third-order valence-corrected chi connectivity index (χ3v) is 6.73. The Morgan fingerprint density at radius 3 is 2.70 bits per heavy atom. The van der Waals surface area contributed by atoms with E-state index in [0.29, 0.717) is 19.4 Å². The van der Waals surface area contributed by atoms with Crippen LogP contribution < -0.4 is 5.32 Å². The third-order valence-electron chi connectivity index (χ3n) is 6.73. The van der Waals surface area contributed by atoms with Crippen molar-refractivity contribution in [3.05, 3.63) is 35.5 Å². The molecule has 0 unspecified atom stereocenters. The molecule has 4 amide bonds. The van der Waals surface area contributed by atoms with Crippen molar-refractivity contribution in [1.29, 1.82) is 0 Å². The molecule has 1 aliphatic carbocycles. The second kappa shape index (κ2) is 6.59. The molecule has 2 fully saturated rings. The molecule has 0 spiro atoms. The van der Waals surface area contributed by atoms with Gasteiger partial charge in [-0.25, -0.2) is 9.69 Å². The van der Waals surface area contributed by atoms with Crippen LogP contribution in [0.5, 0.6) is 0 Å². The van der Waals surface area contributed by atoms with Gasteiger partial charge in [0.1, 0.15) is 6.04 Å². The number of H-pyrrole nitrogens is 1. The fraction of sp³-hybridized carbons (Fsp3) is 0.522. The quantitative estimate of drug-likeness (QED) is 0.746. The number of nitrogens with one attached hydrogen (secondary N) is 2. The van der Waals surface area contributed by atoms with Crippen LogP contribution in [0, 0.1) is 5.92 Å². The number of aromatic nitrogens is 1. The van der Waals surface area contributed by atoms with Crippen molar-refractivity contribution in [3.8, 4) is 0 Å². The summed E-state index contributed by atoms with van der Waals surface area (Å²) < 4.78 is 0. The molecule has 1 aromatic heterocycles. The molecule has 30 heavy (non-hydrogen) atoms. The zero-order valence-corrected chi connectivity index (χ0v) is 17.7. The molecule has 1 aromatic carbocycles. The molecule has 2 N–H and O–H groups in total. The highest BCUT2D eigenvalue weighted by atomic mass is 16.2. The van der Waals surface area contributed by atoms with Gasteiger partial charge >= 0.3 is 6.03 Å². The average molecular weight is 409 g/mol. The molecular weight excluding hydrogens is 380 g/mol. The maximum Gasteiger partial charge on any atom is 0.328 e. The van der Waals surface area contributed by atoms with Gasteiger partial charge in [0, 0.05) is 23.5 Å². The number of aromatic amines is 1. The normalized spacial score (nSPS) is 24.4. The lowest BCUT2D eigenvalue weighted by Gasteiger charge is -2.36. The van der Waals surface area contributed by atoms with Crippen LogP contribution in [-0.4, -0.2) is 51.3 Å². The van der Waals surface area contributed by atoms with Crippen LogP contribution >= 0.6 is 0 Å². The number of benzene rings is 1. The van der Waals surface area contributed by atoms with Gasteiger partial charge in [-0.05, 0) is 50.2 Å². The summed E-state index contributed by atoms with van der Waals surface area (Å²) in [4.78, 5) is 46.6. The van der Waals surface area contributed by atoms with Crippen LogP contribution in [0.2, 0.25) is 0 Å². The van der Waals surface area contributed by atoms with Crippen molar-refractivity contribution < 1.29 is 14.4 Å². The van der Waals surface area contributed by atoms with E-state index >= 15 is 0 Å². The van der Waals surface area contributed by atoms with E-state index in [1.807, 2.05) is 45.0 Å². The maximum absolute atomic E-state index is 13.8. The Balaban J connectivity index is 1.57. The summed E-state index contributed by atoms with van der Waals surface area (Å²) >= 11 is 0. The Morgan fingerprint density at radius 2 is 2.00 bits per heavy atom. The standard InChI is InChI=1S/C23H28N4O3/c1-13(2)12-18(20(28)24-14-8-9-14)27-21(29)23(3)19-16(10-11-26(23)22(27)30)15-6-4-5-7-17(15)25-19/h4-7,13-14,18,25H,8-12H2,1-3H3,(H,24,28)/t18-,23-/m0/s1. The SMILES string of the molecule is CC(C)C[C@@H](C(=O)NC1CC1)N1C(=O)N2CCc3c([nH]c4ccccc34)[C@@]2(C)C1=O. The Hall–Kier alpha value is -2.83. The van der Waals surface area contributed by atoms with E-state index in [1.165, 1.54) is 4.90 Å². The lowest BCUT2D eigenvalue weighted by Crippen LogP contribution is -2.51. The second-order valence-corrected chi connectivity index (χ2v) is 9.38. The summed E-state index contributed by atoms with van der Waals surface area (Å²) in [5.74, 6) is -0.348. The summed E-state index contributed by atoms with van der Waals surface area (Å²) in [6.07, 6.45) is 3.07. The first kappa shape index (κ1) is 19.2. The van der Waals surface area contributed by atoms with Crippen LogP contribution in [0.15, 0.2) is 24.3 Å². The second-order valence-electron chi connectivity index (χ2n) is 9.38. The predicted molar refractivity (Wildman–Crippen MR) is 113 cm³/mol. The molecular formula is C23H28N4O3. The first-order valence-corrected chi connectivity index (χ1v) is 10.9. The van der Waals surface area contributed by atoms with Gasteiger partial charge in [0.25, 0.3) is 5.91 Å². The lowest BCUT2D eigenvalue weighted by molar-refractivity contribution is -0.140. The van der Waals surface area contributed by atoms with E-state index < -0.39 is 11.6 Å². The van der Waals surface area contributed by atoms with E-state index in [2.05, 4.69) is 10.3 Å². The highest BCUT2D eigenvalue weighted by Gasteiger charge is 2.60. The minimum absolute atomic E-state index is 0.176. The van der Waals surface area contributed by atoms with Crippen molar-refractivity contribution in [2.75, 3.05) is 6.54 Å². The molecule has 1 saturated heterocycles. The highest BCUT2D eigenvalue weighted by molar-refractivity contribution is 6.11. The molecule has 0 bridgehead atoms. The van der Waals surface area contributed by atoms with Gasteiger partial charge in [-0.15, -0.1) is 0 Å².